The van der Waals surface area contributed by atoms with Crippen molar-refractivity contribution in [3.63, 3.8) is 0 Å². The van der Waals surface area contributed by atoms with Gasteiger partial charge in [0.15, 0.2) is 0 Å². The van der Waals surface area contributed by atoms with Crippen LogP contribution >= 0.6 is 0 Å². The lowest BCUT2D eigenvalue weighted by atomic mass is 10.1. The minimum atomic E-state index is 0.858. The Morgan fingerprint density at radius 2 is 2.05 bits per heavy atom. The van der Waals surface area contributed by atoms with Crippen molar-refractivity contribution in [2.75, 3.05) is 20.1 Å². The van der Waals surface area contributed by atoms with Gasteiger partial charge in [0.1, 0.15) is 0 Å². The molecule has 0 amide bonds. The van der Waals surface area contributed by atoms with Crippen molar-refractivity contribution in [3.8, 4) is 0 Å². The normalized spacial score (nSPS) is 15.4. The first-order chi connectivity index (χ1) is 9.68. The predicted octanol–water partition coefficient (Wildman–Crippen LogP) is 2.67. The zero-order valence-electron chi connectivity index (χ0n) is 12.8. The molecule has 1 aliphatic carbocycles. The molecule has 0 bridgehead atoms. The van der Waals surface area contributed by atoms with Crippen LogP contribution in [0.5, 0.6) is 0 Å². The molecule has 20 heavy (non-hydrogen) atoms. The van der Waals surface area contributed by atoms with Crippen LogP contribution in [0.4, 0.5) is 0 Å². The Balaban J connectivity index is 1.62. The van der Waals surface area contributed by atoms with E-state index in [9.17, 15) is 0 Å². The third-order valence-corrected chi connectivity index (χ3v) is 4.61. The van der Waals surface area contributed by atoms with Crippen LogP contribution in [0, 0.1) is 6.92 Å². The van der Waals surface area contributed by atoms with Crippen LogP contribution in [0.1, 0.15) is 24.1 Å². The molecular weight excluding hydrogens is 246 g/mol. The summed E-state index contributed by atoms with van der Waals surface area (Å²) in [5.41, 5.74) is 4.14. The van der Waals surface area contributed by atoms with Crippen LogP contribution in [-0.4, -0.2) is 35.6 Å². The van der Waals surface area contributed by atoms with Gasteiger partial charge in [-0.05, 0) is 38.4 Å². The van der Waals surface area contributed by atoms with Crippen LogP contribution in [0.25, 0.3) is 10.9 Å². The highest BCUT2D eigenvalue weighted by Gasteiger charge is 2.25. The van der Waals surface area contributed by atoms with Gasteiger partial charge in [-0.15, -0.1) is 0 Å². The van der Waals surface area contributed by atoms with Gasteiger partial charge in [-0.1, -0.05) is 18.2 Å². The van der Waals surface area contributed by atoms with Crippen molar-refractivity contribution in [2.24, 2.45) is 7.05 Å². The molecule has 0 aliphatic heterocycles. The zero-order valence-corrected chi connectivity index (χ0v) is 12.8. The number of benzene rings is 1. The van der Waals surface area contributed by atoms with Gasteiger partial charge in [0.05, 0.1) is 0 Å². The number of hydrogen-bond acceptors (Lipinski definition) is 2. The van der Waals surface area contributed by atoms with Crippen molar-refractivity contribution < 1.29 is 0 Å². The van der Waals surface area contributed by atoms with Crippen LogP contribution < -0.4 is 5.32 Å². The molecule has 3 nitrogen and oxygen atoms in total. The standard InChI is InChI=1S/C17H25N3/c1-13-15-6-4-5-7-16(15)20(3)17(13)12-18-10-11-19(2)14-8-9-14/h4-7,14,18H,8-12H2,1-3H3. The molecule has 0 atom stereocenters. The number of nitrogens with zero attached hydrogens (tertiary/aromatic N) is 2. The molecule has 0 saturated heterocycles. The molecular formula is C17H25N3. The SMILES string of the molecule is Cc1c(CNCCN(C)C2CC2)n(C)c2ccccc12. The predicted molar refractivity (Wildman–Crippen MR) is 85.0 cm³/mol. The summed E-state index contributed by atoms with van der Waals surface area (Å²) in [6.45, 7) is 5.40. The summed E-state index contributed by atoms with van der Waals surface area (Å²) in [4.78, 5) is 2.47. The molecule has 108 valence electrons. The fourth-order valence-electron chi connectivity index (χ4n) is 3.05. The van der Waals surface area contributed by atoms with Gasteiger partial charge in [-0.3, -0.25) is 0 Å². The van der Waals surface area contributed by atoms with Crippen LogP contribution in [0.15, 0.2) is 24.3 Å². The second kappa shape index (κ2) is 5.58. The maximum atomic E-state index is 3.60. The average molecular weight is 271 g/mol. The van der Waals surface area contributed by atoms with Gasteiger partial charge in [0, 0.05) is 49.3 Å². The van der Waals surface area contributed by atoms with Crippen LogP contribution in [0.2, 0.25) is 0 Å². The first-order valence-corrected chi connectivity index (χ1v) is 7.62. The largest absolute Gasteiger partial charge is 0.346 e. The molecule has 1 heterocycles. The quantitative estimate of drug-likeness (QED) is 0.815. The molecule has 2 aromatic rings. The van der Waals surface area contributed by atoms with E-state index in [1.165, 1.54) is 35.0 Å². The van der Waals surface area contributed by atoms with Crippen molar-refractivity contribution >= 4 is 10.9 Å². The molecule has 1 aromatic heterocycles. The molecule has 3 rings (SSSR count). The smallest absolute Gasteiger partial charge is 0.0483 e. The van der Waals surface area contributed by atoms with Gasteiger partial charge >= 0.3 is 0 Å². The van der Waals surface area contributed by atoms with Crippen molar-refractivity contribution in [1.82, 2.24) is 14.8 Å². The fourth-order valence-corrected chi connectivity index (χ4v) is 3.05. The number of nitrogens with one attached hydrogen (secondary N) is 1. The number of aromatic nitrogens is 1. The molecule has 0 unspecified atom stereocenters. The number of para-hydroxylation sites is 1. The Morgan fingerprint density at radius 1 is 1.30 bits per heavy atom. The second-order valence-corrected chi connectivity index (χ2v) is 6.04. The first kappa shape index (κ1) is 13.7. The van der Waals surface area contributed by atoms with Crippen molar-refractivity contribution in [2.45, 2.75) is 32.4 Å². The van der Waals surface area contributed by atoms with E-state index < -0.39 is 0 Å². The molecule has 0 radical (unpaired) electrons. The number of fused-ring (bicyclic) bond motifs is 1. The van der Waals surface area contributed by atoms with E-state index in [1.54, 1.807) is 0 Å². The Morgan fingerprint density at radius 3 is 2.75 bits per heavy atom. The van der Waals surface area contributed by atoms with Gasteiger partial charge in [-0.25, -0.2) is 0 Å². The maximum Gasteiger partial charge on any atom is 0.0483 e. The lowest BCUT2D eigenvalue weighted by molar-refractivity contribution is 0.321. The van der Waals surface area contributed by atoms with E-state index in [-0.39, 0.29) is 0 Å². The van der Waals surface area contributed by atoms with E-state index in [0.717, 1.165) is 25.7 Å². The third kappa shape index (κ3) is 2.60. The number of rotatable bonds is 6. The van der Waals surface area contributed by atoms with E-state index in [4.69, 9.17) is 0 Å². The average Bonchev–Trinajstić information content (AvgIpc) is 3.27. The molecule has 1 N–H and O–H groups in total. The Hall–Kier alpha value is -1.32. The van der Waals surface area contributed by atoms with E-state index in [0.29, 0.717) is 0 Å². The van der Waals surface area contributed by atoms with E-state index in [2.05, 4.69) is 60.1 Å². The summed E-state index contributed by atoms with van der Waals surface area (Å²) >= 11 is 0. The number of aryl methyl sites for hydroxylation is 2. The summed E-state index contributed by atoms with van der Waals surface area (Å²) in [6.07, 6.45) is 2.78. The Bertz CT molecular complexity index is 557. The fraction of sp³-hybridized carbons (Fsp3) is 0.529. The summed E-state index contributed by atoms with van der Waals surface area (Å²) in [7, 11) is 4.41. The minimum Gasteiger partial charge on any atom is -0.346 e. The summed E-state index contributed by atoms with van der Waals surface area (Å²) in [5, 5.41) is 4.97. The Kier molecular flexibility index (Phi) is 3.81. The van der Waals surface area contributed by atoms with E-state index in [1.807, 2.05) is 0 Å². The van der Waals surface area contributed by atoms with Gasteiger partial charge < -0.3 is 14.8 Å². The number of likely N-dealkylation sites (N-methyl/N-ethyl adjacent to an activating group) is 1. The molecule has 0 spiro atoms. The van der Waals surface area contributed by atoms with Crippen LogP contribution in [-0.2, 0) is 13.6 Å². The van der Waals surface area contributed by atoms with Gasteiger partial charge in [-0.2, -0.15) is 0 Å². The molecule has 3 heteroatoms. The molecule has 1 fully saturated rings. The lowest BCUT2D eigenvalue weighted by Gasteiger charge is -2.16. The Labute approximate surface area is 121 Å². The first-order valence-electron chi connectivity index (χ1n) is 7.62. The summed E-state index contributed by atoms with van der Waals surface area (Å²) in [5.74, 6) is 0. The lowest BCUT2D eigenvalue weighted by Crippen LogP contribution is -2.30. The maximum absolute atomic E-state index is 3.60. The minimum absolute atomic E-state index is 0.858. The topological polar surface area (TPSA) is 20.2 Å². The molecule has 1 aromatic carbocycles. The summed E-state index contributed by atoms with van der Waals surface area (Å²) in [6, 6.07) is 9.51. The third-order valence-electron chi connectivity index (χ3n) is 4.61. The monoisotopic (exact) mass is 271 g/mol. The van der Waals surface area contributed by atoms with Crippen molar-refractivity contribution in [3.05, 3.63) is 35.5 Å². The second-order valence-electron chi connectivity index (χ2n) is 6.04. The van der Waals surface area contributed by atoms with E-state index >= 15 is 0 Å². The van der Waals surface area contributed by atoms with Crippen molar-refractivity contribution in [1.29, 1.82) is 0 Å². The van der Waals surface area contributed by atoms with Gasteiger partial charge in [0.2, 0.25) is 0 Å². The molecule has 1 saturated carbocycles. The highest BCUT2D eigenvalue weighted by molar-refractivity contribution is 5.85. The van der Waals surface area contributed by atoms with Gasteiger partial charge in [0.25, 0.3) is 0 Å². The number of hydrogen-bond donors (Lipinski definition) is 1. The highest BCUT2D eigenvalue weighted by atomic mass is 15.2. The van der Waals surface area contributed by atoms with Crippen LogP contribution in [0.3, 0.4) is 0 Å². The highest BCUT2D eigenvalue weighted by Crippen LogP contribution is 2.25. The summed E-state index contributed by atoms with van der Waals surface area (Å²) < 4.78 is 2.32. The molecule has 1 aliphatic rings. The zero-order chi connectivity index (χ0) is 14.1.